The van der Waals surface area contributed by atoms with Crippen molar-refractivity contribution in [2.75, 3.05) is 7.05 Å². The molecule has 0 fully saturated rings. The van der Waals surface area contributed by atoms with Gasteiger partial charge in [0.2, 0.25) is 0 Å². The summed E-state index contributed by atoms with van der Waals surface area (Å²) >= 11 is 3.43. The zero-order valence-corrected chi connectivity index (χ0v) is 14.5. The zero-order chi connectivity index (χ0) is 15.6. The summed E-state index contributed by atoms with van der Waals surface area (Å²) in [6.45, 7) is 6.37. The van der Waals surface area contributed by atoms with Gasteiger partial charge in [0.1, 0.15) is 11.5 Å². The van der Waals surface area contributed by atoms with E-state index in [9.17, 15) is 4.79 Å². The third-order valence-corrected chi connectivity index (χ3v) is 4.55. The third-order valence-electron chi connectivity index (χ3n) is 3.60. The summed E-state index contributed by atoms with van der Waals surface area (Å²) in [6.07, 6.45) is 1.02. The molecule has 1 amide bonds. The molecular formula is C17H20BrNO2. The van der Waals surface area contributed by atoms with E-state index in [-0.39, 0.29) is 5.91 Å². The molecule has 3 nitrogen and oxygen atoms in total. The first-order valence-electron chi connectivity index (χ1n) is 7.02. The van der Waals surface area contributed by atoms with E-state index in [1.54, 1.807) is 4.90 Å². The van der Waals surface area contributed by atoms with Gasteiger partial charge in [0.15, 0.2) is 0 Å². The topological polar surface area (TPSA) is 33.5 Å². The van der Waals surface area contributed by atoms with Crippen LogP contribution in [0.2, 0.25) is 0 Å². The summed E-state index contributed by atoms with van der Waals surface area (Å²) in [5, 5.41) is 0. The zero-order valence-electron chi connectivity index (χ0n) is 12.9. The van der Waals surface area contributed by atoms with Gasteiger partial charge in [0, 0.05) is 13.6 Å². The average molecular weight is 350 g/mol. The number of halogens is 1. The SMILES string of the molecule is CCc1ccc(CN(C)C(=O)c2c(C)oc(C)c2Br)cc1. The van der Waals surface area contributed by atoms with Gasteiger partial charge in [-0.25, -0.2) is 0 Å². The molecule has 0 aliphatic carbocycles. The molecule has 1 aromatic heterocycles. The van der Waals surface area contributed by atoms with Crippen LogP contribution in [0, 0.1) is 13.8 Å². The Morgan fingerprint density at radius 3 is 2.19 bits per heavy atom. The first-order chi connectivity index (χ1) is 9.93. The lowest BCUT2D eigenvalue weighted by Gasteiger charge is -2.17. The fourth-order valence-corrected chi connectivity index (χ4v) is 2.85. The van der Waals surface area contributed by atoms with Crippen LogP contribution in [0.25, 0.3) is 0 Å². The quantitative estimate of drug-likeness (QED) is 0.814. The van der Waals surface area contributed by atoms with E-state index in [1.807, 2.05) is 20.9 Å². The van der Waals surface area contributed by atoms with Gasteiger partial charge in [-0.3, -0.25) is 4.79 Å². The van der Waals surface area contributed by atoms with Crippen LogP contribution >= 0.6 is 15.9 Å². The van der Waals surface area contributed by atoms with Crippen molar-refractivity contribution < 1.29 is 9.21 Å². The summed E-state index contributed by atoms with van der Waals surface area (Å²) in [7, 11) is 1.81. The highest BCUT2D eigenvalue weighted by atomic mass is 79.9. The van der Waals surface area contributed by atoms with Crippen molar-refractivity contribution in [2.45, 2.75) is 33.7 Å². The van der Waals surface area contributed by atoms with Gasteiger partial charge < -0.3 is 9.32 Å². The Morgan fingerprint density at radius 1 is 1.14 bits per heavy atom. The van der Waals surface area contributed by atoms with Crippen molar-refractivity contribution in [3.63, 3.8) is 0 Å². The molecule has 21 heavy (non-hydrogen) atoms. The van der Waals surface area contributed by atoms with Crippen molar-refractivity contribution in [1.82, 2.24) is 4.90 Å². The lowest BCUT2D eigenvalue weighted by Crippen LogP contribution is -2.26. The van der Waals surface area contributed by atoms with E-state index in [2.05, 4.69) is 47.1 Å². The number of aryl methyl sites for hydroxylation is 3. The first kappa shape index (κ1) is 15.8. The Labute approximate surface area is 134 Å². The molecule has 0 unspecified atom stereocenters. The maximum absolute atomic E-state index is 12.6. The van der Waals surface area contributed by atoms with E-state index in [1.165, 1.54) is 5.56 Å². The molecule has 0 bridgehead atoms. The van der Waals surface area contributed by atoms with Gasteiger partial charge in [-0.2, -0.15) is 0 Å². The normalized spacial score (nSPS) is 10.7. The number of benzene rings is 1. The van der Waals surface area contributed by atoms with Gasteiger partial charge in [0.25, 0.3) is 5.91 Å². The molecule has 0 aliphatic rings. The molecule has 0 atom stereocenters. The molecular weight excluding hydrogens is 330 g/mol. The van der Waals surface area contributed by atoms with Gasteiger partial charge in [-0.05, 0) is 47.3 Å². The van der Waals surface area contributed by atoms with Crippen LogP contribution < -0.4 is 0 Å². The second kappa shape index (κ2) is 6.48. The monoisotopic (exact) mass is 349 g/mol. The molecule has 0 N–H and O–H groups in total. The molecule has 0 saturated heterocycles. The predicted octanol–water partition coefficient (Wildman–Crippen LogP) is 4.49. The maximum atomic E-state index is 12.6. The minimum absolute atomic E-state index is 0.0317. The van der Waals surface area contributed by atoms with Gasteiger partial charge in [-0.1, -0.05) is 31.2 Å². The molecule has 0 aliphatic heterocycles. The Kier molecular flexibility index (Phi) is 4.88. The highest BCUT2D eigenvalue weighted by molar-refractivity contribution is 9.10. The average Bonchev–Trinajstić information content (AvgIpc) is 2.72. The Morgan fingerprint density at radius 2 is 1.71 bits per heavy atom. The predicted molar refractivity (Wildman–Crippen MR) is 87.5 cm³/mol. The Hall–Kier alpha value is -1.55. The first-order valence-corrected chi connectivity index (χ1v) is 7.82. The number of furan rings is 1. The molecule has 112 valence electrons. The standard InChI is InChI=1S/C17H20BrNO2/c1-5-13-6-8-14(9-7-13)10-19(4)17(20)15-11(2)21-12(3)16(15)18/h6-9H,5,10H2,1-4H3. The van der Waals surface area contributed by atoms with Crippen LogP contribution in [0.4, 0.5) is 0 Å². The van der Waals surface area contributed by atoms with Crippen LogP contribution in [0.15, 0.2) is 33.2 Å². The molecule has 2 rings (SSSR count). The van der Waals surface area contributed by atoms with Gasteiger partial charge in [0.05, 0.1) is 10.0 Å². The van der Waals surface area contributed by atoms with E-state index >= 15 is 0 Å². The number of hydrogen-bond donors (Lipinski definition) is 0. The maximum Gasteiger partial charge on any atom is 0.258 e. The molecule has 0 radical (unpaired) electrons. The molecule has 1 aromatic carbocycles. The molecule has 0 spiro atoms. The van der Waals surface area contributed by atoms with Crippen molar-refractivity contribution in [1.29, 1.82) is 0 Å². The minimum atomic E-state index is -0.0317. The summed E-state index contributed by atoms with van der Waals surface area (Å²) in [5.41, 5.74) is 3.04. The van der Waals surface area contributed by atoms with E-state index < -0.39 is 0 Å². The summed E-state index contributed by atoms with van der Waals surface area (Å²) in [5.74, 6) is 1.35. The van der Waals surface area contributed by atoms with Gasteiger partial charge in [-0.15, -0.1) is 0 Å². The van der Waals surface area contributed by atoms with Crippen molar-refractivity contribution in [3.8, 4) is 0 Å². The van der Waals surface area contributed by atoms with Crippen molar-refractivity contribution in [3.05, 3.63) is 56.9 Å². The number of carbonyl (C=O) groups is 1. The van der Waals surface area contributed by atoms with Crippen LogP contribution in [0.3, 0.4) is 0 Å². The fourth-order valence-electron chi connectivity index (χ4n) is 2.32. The summed E-state index contributed by atoms with van der Waals surface area (Å²) in [4.78, 5) is 14.3. The van der Waals surface area contributed by atoms with E-state index in [0.717, 1.165) is 22.2 Å². The summed E-state index contributed by atoms with van der Waals surface area (Å²) in [6, 6.07) is 8.36. The second-order valence-corrected chi connectivity index (χ2v) is 6.03. The molecule has 4 heteroatoms. The number of carbonyl (C=O) groups excluding carboxylic acids is 1. The minimum Gasteiger partial charge on any atom is -0.465 e. The van der Waals surface area contributed by atoms with Crippen molar-refractivity contribution in [2.24, 2.45) is 0 Å². The summed E-state index contributed by atoms with van der Waals surface area (Å²) < 4.78 is 6.25. The van der Waals surface area contributed by atoms with Gasteiger partial charge >= 0.3 is 0 Å². The Bertz CT molecular complexity index is 644. The molecule has 1 heterocycles. The molecule has 0 saturated carbocycles. The number of nitrogens with zero attached hydrogens (tertiary/aromatic N) is 1. The second-order valence-electron chi connectivity index (χ2n) is 5.23. The fraction of sp³-hybridized carbons (Fsp3) is 0.353. The number of rotatable bonds is 4. The highest BCUT2D eigenvalue weighted by Crippen LogP contribution is 2.28. The molecule has 2 aromatic rings. The van der Waals surface area contributed by atoms with Crippen LogP contribution in [0.1, 0.15) is 39.9 Å². The van der Waals surface area contributed by atoms with Crippen LogP contribution in [-0.2, 0) is 13.0 Å². The number of hydrogen-bond acceptors (Lipinski definition) is 2. The smallest absolute Gasteiger partial charge is 0.258 e. The largest absolute Gasteiger partial charge is 0.465 e. The number of amides is 1. The van der Waals surface area contributed by atoms with Crippen LogP contribution in [0.5, 0.6) is 0 Å². The Balaban J connectivity index is 2.15. The third kappa shape index (κ3) is 3.38. The van der Waals surface area contributed by atoms with Crippen LogP contribution in [-0.4, -0.2) is 17.9 Å². The van der Waals surface area contributed by atoms with Crippen molar-refractivity contribution >= 4 is 21.8 Å². The van der Waals surface area contributed by atoms with E-state index in [0.29, 0.717) is 17.9 Å². The lowest BCUT2D eigenvalue weighted by molar-refractivity contribution is 0.0782. The van der Waals surface area contributed by atoms with E-state index in [4.69, 9.17) is 4.42 Å². The lowest BCUT2D eigenvalue weighted by atomic mass is 10.1. The highest BCUT2D eigenvalue weighted by Gasteiger charge is 2.22.